The number of hydrogen-bond acceptors (Lipinski definition) is 5. The fourth-order valence-electron chi connectivity index (χ4n) is 2.59. The fraction of sp³-hybridized carbons (Fsp3) is 0.526. The number of carbonyl (C=O) groups excluding carboxylic acids is 2. The molecular formula is C19H27BrN3O4. The van der Waals surface area contributed by atoms with Gasteiger partial charge in [0.15, 0.2) is 0 Å². The van der Waals surface area contributed by atoms with E-state index in [1.807, 2.05) is 29.3 Å². The van der Waals surface area contributed by atoms with Gasteiger partial charge in [-0.05, 0) is 68.1 Å². The lowest BCUT2D eigenvalue weighted by atomic mass is 10.1. The third-order valence-electron chi connectivity index (χ3n) is 3.71. The number of anilines is 1. The quantitative estimate of drug-likeness (QED) is 0.696. The molecular weight excluding hydrogens is 414 g/mol. The van der Waals surface area contributed by atoms with Gasteiger partial charge in [-0.15, -0.1) is 0 Å². The highest BCUT2D eigenvalue weighted by molar-refractivity contribution is 9.10. The Bertz CT molecular complexity index is 642. The van der Waals surface area contributed by atoms with E-state index in [1.165, 1.54) is 0 Å². The topological polar surface area (TPSA) is 71.1 Å². The molecule has 1 saturated heterocycles. The molecule has 149 valence electrons. The Kier molecular flexibility index (Phi) is 7.91. The molecule has 0 aliphatic carbocycles. The fourth-order valence-corrected chi connectivity index (χ4v) is 3.05. The van der Waals surface area contributed by atoms with Crippen LogP contribution in [0.2, 0.25) is 0 Å². The first-order chi connectivity index (χ1) is 12.8. The highest BCUT2D eigenvalue weighted by atomic mass is 79.9. The molecule has 0 saturated carbocycles. The number of benzene rings is 1. The first-order valence-electron chi connectivity index (χ1n) is 9.03. The first kappa shape index (κ1) is 21.5. The van der Waals surface area contributed by atoms with Crippen molar-refractivity contribution in [2.45, 2.75) is 39.2 Å². The molecule has 0 unspecified atom stereocenters. The SMILES string of the molecule is CC(C)(C)OC(=O)NCCOC(=O)N(c1ccccc1Br)N1CC[CH]CC1. The molecule has 0 spiro atoms. The van der Waals surface area contributed by atoms with Gasteiger partial charge in [0.2, 0.25) is 0 Å². The molecule has 7 nitrogen and oxygen atoms in total. The van der Waals surface area contributed by atoms with Crippen LogP contribution in [0.3, 0.4) is 0 Å². The summed E-state index contributed by atoms with van der Waals surface area (Å²) in [6, 6.07) is 7.52. The summed E-state index contributed by atoms with van der Waals surface area (Å²) in [7, 11) is 0. The van der Waals surface area contributed by atoms with Crippen molar-refractivity contribution in [1.82, 2.24) is 10.3 Å². The van der Waals surface area contributed by atoms with Crippen molar-refractivity contribution in [2.24, 2.45) is 0 Å². The Balaban J connectivity index is 1.94. The second-order valence-corrected chi connectivity index (χ2v) is 7.98. The van der Waals surface area contributed by atoms with Gasteiger partial charge < -0.3 is 14.8 Å². The van der Waals surface area contributed by atoms with E-state index in [9.17, 15) is 9.59 Å². The number of carbonyl (C=O) groups is 2. The highest BCUT2D eigenvalue weighted by Crippen LogP contribution is 2.29. The zero-order chi connectivity index (χ0) is 19.9. The van der Waals surface area contributed by atoms with Crippen molar-refractivity contribution in [3.8, 4) is 0 Å². The Morgan fingerprint density at radius 2 is 1.89 bits per heavy atom. The minimum Gasteiger partial charge on any atom is -0.446 e. The second-order valence-electron chi connectivity index (χ2n) is 7.13. The van der Waals surface area contributed by atoms with Crippen LogP contribution in [0.5, 0.6) is 0 Å². The maximum absolute atomic E-state index is 12.8. The molecule has 1 aliphatic rings. The van der Waals surface area contributed by atoms with Gasteiger partial charge >= 0.3 is 12.2 Å². The number of piperidine rings is 1. The van der Waals surface area contributed by atoms with Crippen LogP contribution in [0.1, 0.15) is 33.6 Å². The van der Waals surface area contributed by atoms with Gasteiger partial charge in [-0.25, -0.2) is 19.6 Å². The molecule has 1 N–H and O–H groups in total. The Morgan fingerprint density at radius 3 is 2.52 bits per heavy atom. The number of alkyl carbamates (subject to hydrolysis) is 1. The number of nitrogens with zero attached hydrogens (tertiary/aromatic N) is 2. The number of rotatable bonds is 5. The molecule has 2 amide bonds. The minimum atomic E-state index is -0.567. The lowest BCUT2D eigenvalue weighted by Crippen LogP contribution is -2.50. The normalized spacial score (nSPS) is 15.1. The molecule has 1 aromatic carbocycles. The van der Waals surface area contributed by atoms with Crippen LogP contribution in [-0.2, 0) is 9.47 Å². The van der Waals surface area contributed by atoms with Gasteiger partial charge in [0.1, 0.15) is 12.2 Å². The predicted octanol–water partition coefficient (Wildman–Crippen LogP) is 4.13. The number of amides is 2. The van der Waals surface area contributed by atoms with Gasteiger partial charge in [0, 0.05) is 17.6 Å². The van der Waals surface area contributed by atoms with E-state index in [4.69, 9.17) is 9.47 Å². The van der Waals surface area contributed by atoms with E-state index in [-0.39, 0.29) is 13.2 Å². The van der Waals surface area contributed by atoms with Gasteiger partial charge in [-0.2, -0.15) is 0 Å². The van der Waals surface area contributed by atoms with E-state index in [0.29, 0.717) is 0 Å². The monoisotopic (exact) mass is 440 g/mol. The molecule has 1 radical (unpaired) electrons. The zero-order valence-corrected chi connectivity index (χ0v) is 17.6. The van der Waals surface area contributed by atoms with E-state index in [0.717, 1.165) is 36.1 Å². The van der Waals surface area contributed by atoms with Crippen LogP contribution >= 0.6 is 15.9 Å². The summed E-state index contributed by atoms with van der Waals surface area (Å²) in [5.74, 6) is 0. The second kappa shape index (κ2) is 9.94. The molecule has 1 fully saturated rings. The summed E-state index contributed by atoms with van der Waals surface area (Å²) in [6.45, 7) is 7.09. The van der Waals surface area contributed by atoms with E-state index in [1.54, 1.807) is 25.8 Å². The maximum Gasteiger partial charge on any atom is 0.429 e. The molecule has 0 aromatic heterocycles. The van der Waals surface area contributed by atoms with Crippen molar-refractivity contribution in [3.63, 3.8) is 0 Å². The number of hydrogen-bond donors (Lipinski definition) is 1. The Morgan fingerprint density at radius 1 is 1.22 bits per heavy atom. The molecule has 8 heteroatoms. The number of para-hydroxylation sites is 1. The van der Waals surface area contributed by atoms with Gasteiger partial charge in [-0.3, -0.25) is 0 Å². The molecule has 0 bridgehead atoms. The first-order valence-corrected chi connectivity index (χ1v) is 9.82. The smallest absolute Gasteiger partial charge is 0.429 e. The van der Waals surface area contributed by atoms with Crippen molar-refractivity contribution in [3.05, 3.63) is 35.2 Å². The van der Waals surface area contributed by atoms with Crippen molar-refractivity contribution < 1.29 is 19.1 Å². The average Bonchev–Trinajstić information content (AvgIpc) is 2.60. The summed E-state index contributed by atoms with van der Waals surface area (Å²) >= 11 is 3.50. The molecule has 2 rings (SSSR count). The molecule has 1 heterocycles. The van der Waals surface area contributed by atoms with Crippen LogP contribution in [0.15, 0.2) is 28.7 Å². The lowest BCUT2D eigenvalue weighted by Gasteiger charge is -2.36. The summed E-state index contributed by atoms with van der Waals surface area (Å²) in [5.41, 5.74) is 0.159. The lowest BCUT2D eigenvalue weighted by molar-refractivity contribution is 0.0510. The van der Waals surface area contributed by atoms with Crippen LogP contribution in [0, 0.1) is 6.42 Å². The molecule has 1 aromatic rings. The van der Waals surface area contributed by atoms with Gasteiger partial charge in [0.25, 0.3) is 0 Å². The number of ether oxygens (including phenoxy) is 2. The molecule has 0 atom stereocenters. The van der Waals surface area contributed by atoms with Crippen molar-refractivity contribution in [2.75, 3.05) is 31.3 Å². The van der Waals surface area contributed by atoms with Crippen molar-refractivity contribution in [1.29, 1.82) is 0 Å². The summed E-state index contributed by atoms with van der Waals surface area (Å²) in [4.78, 5) is 24.4. The van der Waals surface area contributed by atoms with Gasteiger partial charge in [-0.1, -0.05) is 12.1 Å². The zero-order valence-electron chi connectivity index (χ0n) is 16.0. The third kappa shape index (κ3) is 7.03. The summed E-state index contributed by atoms with van der Waals surface area (Å²) in [5, 5.41) is 6.12. The van der Waals surface area contributed by atoms with Crippen LogP contribution < -0.4 is 10.3 Å². The van der Waals surface area contributed by atoms with Crippen molar-refractivity contribution >= 4 is 33.8 Å². The minimum absolute atomic E-state index is 0.0546. The van der Waals surface area contributed by atoms with Crippen LogP contribution in [0.4, 0.5) is 15.3 Å². The Hall–Kier alpha value is -1.80. The van der Waals surface area contributed by atoms with Crippen LogP contribution in [-0.4, -0.2) is 49.0 Å². The number of nitrogens with one attached hydrogen (secondary N) is 1. The molecule has 1 aliphatic heterocycles. The number of halogens is 1. The van der Waals surface area contributed by atoms with Gasteiger partial charge in [0.05, 0.1) is 12.2 Å². The molecule has 27 heavy (non-hydrogen) atoms. The standard InChI is InChI=1S/C19H27BrN3O4/c1-19(2,3)27-17(24)21-11-14-26-18(25)23(22-12-7-4-8-13-22)16-10-6-5-9-15(16)20/h4-6,9-10H,7-8,11-14H2,1-3H3,(H,21,24). The van der Waals surface area contributed by atoms with E-state index in [2.05, 4.69) is 27.7 Å². The van der Waals surface area contributed by atoms with E-state index >= 15 is 0 Å². The Labute approximate surface area is 169 Å². The average molecular weight is 441 g/mol. The summed E-state index contributed by atoms with van der Waals surface area (Å²) in [6.07, 6.45) is 3.02. The highest BCUT2D eigenvalue weighted by Gasteiger charge is 2.27. The third-order valence-corrected chi connectivity index (χ3v) is 4.39. The maximum atomic E-state index is 12.8. The summed E-state index contributed by atoms with van der Waals surface area (Å²) < 4.78 is 11.4. The number of hydrazine groups is 1. The predicted molar refractivity (Wildman–Crippen MR) is 107 cm³/mol. The van der Waals surface area contributed by atoms with Crippen LogP contribution in [0.25, 0.3) is 0 Å². The largest absolute Gasteiger partial charge is 0.446 e. The van der Waals surface area contributed by atoms with E-state index < -0.39 is 17.8 Å².